The van der Waals surface area contributed by atoms with E-state index in [0.717, 1.165) is 24.0 Å². The largest absolute Gasteiger partial charge is 0.512 e. The predicted molar refractivity (Wildman–Crippen MR) is 136 cm³/mol. The second-order valence-corrected chi connectivity index (χ2v) is 10.5. The van der Waals surface area contributed by atoms with E-state index < -0.39 is 0 Å². The van der Waals surface area contributed by atoms with Gasteiger partial charge in [-0.25, -0.2) is 0 Å². The number of hydrogen-bond donors (Lipinski definition) is 1. The van der Waals surface area contributed by atoms with Crippen molar-refractivity contribution in [3.63, 3.8) is 0 Å². The van der Waals surface area contributed by atoms with E-state index in [4.69, 9.17) is 0 Å². The van der Waals surface area contributed by atoms with Gasteiger partial charge in [-0.05, 0) is 65.3 Å². The van der Waals surface area contributed by atoms with Crippen LogP contribution in [0, 0.1) is 6.92 Å². The lowest BCUT2D eigenvalue weighted by molar-refractivity contribution is -0.114. The number of fused-ring (bicyclic) bond motifs is 1. The summed E-state index contributed by atoms with van der Waals surface area (Å²) in [6.45, 7) is 15.1. The fourth-order valence-electron chi connectivity index (χ4n) is 5.07. The molecule has 1 N–H and O–H groups in total. The van der Waals surface area contributed by atoms with Crippen molar-refractivity contribution in [1.82, 2.24) is 0 Å². The van der Waals surface area contributed by atoms with Crippen molar-refractivity contribution in [2.24, 2.45) is 0 Å². The molecule has 0 atom stereocenters. The minimum atomic E-state index is -0.0294. The third-order valence-corrected chi connectivity index (χ3v) is 7.26. The lowest BCUT2D eigenvalue weighted by Crippen LogP contribution is -2.34. The molecule has 0 aliphatic heterocycles. The van der Waals surface area contributed by atoms with E-state index in [1.807, 2.05) is 20.8 Å². The molecule has 33 heavy (non-hydrogen) atoms. The second kappa shape index (κ2) is 9.29. The van der Waals surface area contributed by atoms with E-state index in [2.05, 4.69) is 39.8 Å². The predicted octanol–water partition coefficient (Wildman–Crippen LogP) is 7.62. The number of aliphatic hydroxyl groups excluding tert-OH is 1. The van der Waals surface area contributed by atoms with Gasteiger partial charge in [0.05, 0.1) is 5.57 Å². The van der Waals surface area contributed by atoms with Gasteiger partial charge in [0.15, 0.2) is 11.6 Å². The van der Waals surface area contributed by atoms with Crippen LogP contribution in [0.4, 0.5) is 0 Å². The Balaban J connectivity index is 0.00000149. The number of aryl methyl sites for hydroxylation is 1. The summed E-state index contributed by atoms with van der Waals surface area (Å²) in [4.78, 5) is 25.7. The van der Waals surface area contributed by atoms with Crippen LogP contribution in [0.1, 0.15) is 112 Å². The van der Waals surface area contributed by atoms with Crippen LogP contribution < -0.4 is 0 Å². The van der Waals surface area contributed by atoms with E-state index in [-0.39, 0.29) is 28.2 Å². The molecule has 176 valence electrons. The number of aliphatic hydroxyl groups is 1. The van der Waals surface area contributed by atoms with E-state index in [9.17, 15) is 14.7 Å². The normalized spacial score (nSPS) is 18.8. The molecular formula is C30H38O3. The lowest BCUT2D eigenvalue weighted by Gasteiger charge is -2.42. The van der Waals surface area contributed by atoms with Gasteiger partial charge in [0.1, 0.15) is 5.76 Å². The van der Waals surface area contributed by atoms with E-state index in [0.29, 0.717) is 36.0 Å². The summed E-state index contributed by atoms with van der Waals surface area (Å²) in [6, 6.07) is 11.4. The highest BCUT2D eigenvalue weighted by molar-refractivity contribution is 6.22. The summed E-state index contributed by atoms with van der Waals surface area (Å²) in [6.07, 6.45) is 3.92. The standard InChI is InChI=1S/C28H32O3.C2H6/c1-17-15-21-22(28(4,5)14-13-27(21,2)3)16-20(17)26(31)19-11-9-18(10-12-19)25-23(29)7-6-8-24(25)30;1-2/h9-12,15-16,29H,6-8,13-14H2,1-5H3;1-2H3. The second-order valence-electron chi connectivity index (χ2n) is 10.5. The van der Waals surface area contributed by atoms with Crippen LogP contribution in [0.5, 0.6) is 0 Å². The van der Waals surface area contributed by atoms with Gasteiger partial charge in [-0.3, -0.25) is 9.59 Å². The minimum absolute atomic E-state index is 0.000739. The third-order valence-electron chi connectivity index (χ3n) is 7.26. The first-order valence-corrected chi connectivity index (χ1v) is 12.3. The maximum Gasteiger partial charge on any atom is 0.193 e. The molecular weight excluding hydrogens is 408 g/mol. The number of rotatable bonds is 3. The van der Waals surface area contributed by atoms with Crippen molar-refractivity contribution in [2.45, 2.75) is 91.4 Å². The summed E-state index contributed by atoms with van der Waals surface area (Å²) < 4.78 is 0. The number of benzene rings is 2. The van der Waals surface area contributed by atoms with Crippen molar-refractivity contribution < 1.29 is 14.7 Å². The molecule has 0 fully saturated rings. The Kier molecular flexibility index (Phi) is 7.02. The molecule has 0 saturated heterocycles. The smallest absolute Gasteiger partial charge is 0.193 e. The first-order valence-electron chi connectivity index (χ1n) is 12.3. The number of carbonyl (C=O) groups excluding carboxylic acids is 2. The Morgan fingerprint density at radius 1 is 0.879 bits per heavy atom. The molecule has 0 aromatic heterocycles. The van der Waals surface area contributed by atoms with Gasteiger partial charge in [-0.15, -0.1) is 0 Å². The Bertz CT molecular complexity index is 1100. The van der Waals surface area contributed by atoms with Gasteiger partial charge < -0.3 is 5.11 Å². The Hall–Kier alpha value is -2.68. The van der Waals surface area contributed by atoms with Gasteiger partial charge in [-0.2, -0.15) is 0 Å². The fourth-order valence-corrected chi connectivity index (χ4v) is 5.07. The van der Waals surface area contributed by atoms with Gasteiger partial charge in [-0.1, -0.05) is 71.9 Å². The van der Waals surface area contributed by atoms with Gasteiger partial charge >= 0.3 is 0 Å². The van der Waals surface area contributed by atoms with Crippen molar-refractivity contribution in [3.8, 4) is 0 Å². The van der Waals surface area contributed by atoms with Crippen molar-refractivity contribution in [2.75, 3.05) is 0 Å². The molecule has 3 heteroatoms. The first kappa shape index (κ1) is 25.0. The van der Waals surface area contributed by atoms with Gasteiger partial charge in [0, 0.05) is 24.0 Å². The molecule has 0 unspecified atom stereocenters. The van der Waals surface area contributed by atoms with E-state index >= 15 is 0 Å². The Morgan fingerprint density at radius 2 is 1.42 bits per heavy atom. The maximum absolute atomic E-state index is 13.4. The summed E-state index contributed by atoms with van der Waals surface area (Å²) in [7, 11) is 0. The monoisotopic (exact) mass is 446 g/mol. The van der Waals surface area contributed by atoms with E-state index in [1.165, 1.54) is 11.1 Å². The Labute approximate surface area is 198 Å². The fraction of sp³-hybridized carbons (Fsp3) is 0.467. The topological polar surface area (TPSA) is 54.4 Å². The van der Waals surface area contributed by atoms with E-state index in [1.54, 1.807) is 24.3 Å². The molecule has 0 bridgehead atoms. The molecule has 2 aromatic carbocycles. The summed E-state index contributed by atoms with van der Waals surface area (Å²) in [5, 5.41) is 10.2. The van der Waals surface area contributed by atoms with Crippen LogP contribution in [0.2, 0.25) is 0 Å². The third kappa shape index (κ3) is 4.69. The maximum atomic E-state index is 13.4. The van der Waals surface area contributed by atoms with Crippen LogP contribution in [0.25, 0.3) is 5.57 Å². The minimum Gasteiger partial charge on any atom is -0.512 e. The SMILES string of the molecule is CC.Cc1cc2c(cc1C(=O)c1ccc(C3=C(O)CCCC3=O)cc1)C(C)(C)CCC2(C)C. The van der Waals surface area contributed by atoms with Crippen LogP contribution in [0.15, 0.2) is 42.2 Å². The zero-order valence-corrected chi connectivity index (χ0v) is 21.3. The van der Waals surface area contributed by atoms with Crippen LogP contribution in [-0.4, -0.2) is 16.7 Å². The highest BCUT2D eigenvalue weighted by atomic mass is 16.3. The number of carbonyl (C=O) groups is 2. The summed E-state index contributed by atoms with van der Waals surface area (Å²) in [5.41, 5.74) is 6.22. The zero-order chi connectivity index (χ0) is 24.6. The highest BCUT2D eigenvalue weighted by Gasteiger charge is 2.38. The molecule has 0 heterocycles. The zero-order valence-electron chi connectivity index (χ0n) is 21.3. The van der Waals surface area contributed by atoms with Crippen LogP contribution in [-0.2, 0) is 15.6 Å². The average molecular weight is 447 g/mol. The van der Waals surface area contributed by atoms with Crippen LogP contribution in [0.3, 0.4) is 0 Å². The van der Waals surface area contributed by atoms with Crippen molar-refractivity contribution >= 4 is 17.1 Å². The van der Waals surface area contributed by atoms with Crippen LogP contribution >= 0.6 is 0 Å². The number of allylic oxidation sites excluding steroid dienone is 2. The number of hydrogen-bond acceptors (Lipinski definition) is 3. The summed E-state index contributed by atoms with van der Waals surface area (Å²) in [5.74, 6) is 0.128. The van der Waals surface area contributed by atoms with Gasteiger partial charge in [0.2, 0.25) is 0 Å². The quantitative estimate of drug-likeness (QED) is 0.493. The molecule has 2 aliphatic rings. The first-order chi connectivity index (χ1) is 15.5. The molecule has 0 spiro atoms. The summed E-state index contributed by atoms with van der Waals surface area (Å²) >= 11 is 0. The molecule has 2 aromatic rings. The Morgan fingerprint density at radius 3 is 1.97 bits per heavy atom. The molecule has 0 radical (unpaired) electrons. The van der Waals surface area contributed by atoms with Crippen molar-refractivity contribution in [1.29, 1.82) is 0 Å². The molecule has 0 saturated carbocycles. The van der Waals surface area contributed by atoms with Gasteiger partial charge in [0.25, 0.3) is 0 Å². The molecule has 0 amide bonds. The molecule has 4 rings (SSSR count). The average Bonchev–Trinajstić information content (AvgIpc) is 2.78. The van der Waals surface area contributed by atoms with Crippen molar-refractivity contribution in [3.05, 3.63) is 75.5 Å². The number of Topliss-reactive ketones (excluding diaryl/α,β-unsaturated/α-hetero) is 1. The lowest BCUT2D eigenvalue weighted by atomic mass is 9.62. The number of ketones is 2. The highest BCUT2D eigenvalue weighted by Crippen LogP contribution is 2.46. The molecule has 2 aliphatic carbocycles. The molecule has 3 nitrogen and oxygen atoms in total.